The van der Waals surface area contributed by atoms with Crippen LogP contribution in [0.4, 0.5) is 10.1 Å². The first kappa shape index (κ1) is 15.5. The molecule has 0 heterocycles. The van der Waals surface area contributed by atoms with E-state index in [9.17, 15) is 19.1 Å². The van der Waals surface area contributed by atoms with Crippen molar-refractivity contribution in [3.63, 3.8) is 0 Å². The molecule has 1 aromatic carbocycles. The van der Waals surface area contributed by atoms with Crippen LogP contribution in [0.15, 0.2) is 18.2 Å². The summed E-state index contributed by atoms with van der Waals surface area (Å²) in [6, 6.07) is 4.45. The Morgan fingerprint density at radius 2 is 1.95 bits per heavy atom. The van der Waals surface area contributed by atoms with Crippen LogP contribution in [-0.4, -0.2) is 17.0 Å². The molecule has 1 aliphatic rings. The number of aliphatic carboxylic acids is 1. The maximum Gasteiger partial charge on any atom is 0.310 e. The summed E-state index contributed by atoms with van der Waals surface area (Å²) >= 11 is 0. The van der Waals surface area contributed by atoms with Gasteiger partial charge in [-0.3, -0.25) is 9.59 Å². The number of carboxylic acid groups (broad SMARTS) is 1. The van der Waals surface area contributed by atoms with Gasteiger partial charge in [0.1, 0.15) is 5.82 Å². The van der Waals surface area contributed by atoms with Gasteiger partial charge < -0.3 is 10.4 Å². The highest BCUT2D eigenvalue weighted by Gasteiger charge is 2.41. The Balaban J connectivity index is 2.05. The van der Waals surface area contributed by atoms with Gasteiger partial charge in [0.2, 0.25) is 5.91 Å². The van der Waals surface area contributed by atoms with Gasteiger partial charge in [0.25, 0.3) is 0 Å². The van der Waals surface area contributed by atoms with E-state index in [1.165, 1.54) is 6.07 Å². The van der Waals surface area contributed by atoms with Gasteiger partial charge >= 0.3 is 5.97 Å². The van der Waals surface area contributed by atoms with E-state index in [0.717, 1.165) is 19.3 Å². The molecule has 5 heteroatoms. The third kappa shape index (κ3) is 3.60. The van der Waals surface area contributed by atoms with Gasteiger partial charge in [0.15, 0.2) is 0 Å². The maximum absolute atomic E-state index is 13.4. The fourth-order valence-electron chi connectivity index (χ4n) is 2.88. The highest BCUT2D eigenvalue weighted by Crippen LogP contribution is 2.39. The van der Waals surface area contributed by atoms with Gasteiger partial charge in [-0.15, -0.1) is 0 Å². The fourth-order valence-corrected chi connectivity index (χ4v) is 2.88. The summed E-state index contributed by atoms with van der Waals surface area (Å²) in [5.74, 6) is -1.67. The number of aryl methyl sites for hydroxylation is 1. The SMILES string of the molecule is Cc1ccc(NC(=O)CC2(C(=O)O)CCCCC2)cc1F. The molecule has 0 spiro atoms. The van der Waals surface area contributed by atoms with Crippen LogP contribution in [0.3, 0.4) is 0 Å². The number of anilines is 1. The molecular formula is C16H20FNO3. The predicted octanol–water partition coefficient (Wildman–Crippen LogP) is 3.50. The Bertz CT molecular complexity index is 550. The molecule has 1 aliphatic carbocycles. The van der Waals surface area contributed by atoms with Crippen molar-refractivity contribution < 1.29 is 19.1 Å². The maximum atomic E-state index is 13.4. The molecule has 1 amide bonds. The molecule has 1 fully saturated rings. The van der Waals surface area contributed by atoms with Crippen molar-refractivity contribution >= 4 is 17.6 Å². The molecule has 0 aliphatic heterocycles. The van der Waals surface area contributed by atoms with Gasteiger partial charge in [-0.2, -0.15) is 0 Å². The van der Waals surface area contributed by atoms with E-state index in [0.29, 0.717) is 24.1 Å². The van der Waals surface area contributed by atoms with Crippen molar-refractivity contribution in [2.24, 2.45) is 5.41 Å². The van der Waals surface area contributed by atoms with Gasteiger partial charge in [-0.25, -0.2) is 4.39 Å². The van der Waals surface area contributed by atoms with Gasteiger partial charge in [-0.1, -0.05) is 25.3 Å². The Kier molecular flexibility index (Phi) is 4.60. The Morgan fingerprint density at radius 3 is 2.52 bits per heavy atom. The summed E-state index contributed by atoms with van der Waals surface area (Å²) in [4.78, 5) is 23.6. The van der Waals surface area contributed by atoms with E-state index in [1.54, 1.807) is 19.1 Å². The smallest absolute Gasteiger partial charge is 0.310 e. The van der Waals surface area contributed by atoms with E-state index >= 15 is 0 Å². The largest absolute Gasteiger partial charge is 0.481 e. The molecule has 0 radical (unpaired) electrons. The molecule has 4 nitrogen and oxygen atoms in total. The highest BCUT2D eigenvalue weighted by molar-refractivity contribution is 5.94. The van der Waals surface area contributed by atoms with Crippen LogP contribution < -0.4 is 5.32 Å². The quantitative estimate of drug-likeness (QED) is 0.893. The van der Waals surface area contributed by atoms with Crippen LogP contribution in [0.5, 0.6) is 0 Å². The molecule has 1 aromatic rings. The lowest BCUT2D eigenvalue weighted by molar-refractivity contribution is -0.153. The second-order valence-electron chi connectivity index (χ2n) is 5.84. The van der Waals surface area contributed by atoms with Gasteiger partial charge in [-0.05, 0) is 37.5 Å². The minimum atomic E-state index is -0.967. The van der Waals surface area contributed by atoms with Crippen molar-refractivity contribution in [1.29, 1.82) is 0 Å². The average Bonchev–Trinajstić information content (AvgIpc) is 2.43. The molecule has 21 heavy (non-hydrogen) atoms. The number of carbonyl (C=O) groups is 2. The first-order valence-electron chi connectivity index (χ1n) is 7.22. The highest BCUT2D eigenvalue weighted by atomic mass is 19.1. The fraction of sp³-hybridized carbons (Fsp3) is 0.500. The number of carboxylic acids is 1. The van der Waals surface area contributed by atoms with Crippen molar-refractivity contribution in [1.82, 2.24) is 0 Å². The van der Waals surface area contributed by atoms with E-state index in [1.807, 2.05) is 0 Å². The van der Waals surface area contributed by atoms with E-state index in [-0.39, 0.29) is 12.3 Å². The number of hydrogen-bond donors (Lipinski definition) is 2. The summed E-state index contributed by atoms with van der Waals surface area (Å²) in [5, 5.41) is 12.0. The Hall–Kier alpha value is -1.91. The van der Waals surface area contributed by atoms with Gasteiger partial charge in [0, 0.05) is 12.1 Å². The number of halogens is 1. The molecular weight excluding hydrogens is 273 g/mol. The van der Waals surface area contributed by atoms with Crippen molar-refractivity contribution in [3.05, 3.63) is 29.6 Å². The van der Waals surface area contributed by atoms with Crippen molar-refractivity contribution in [2.45, 2.75) is 45.4 Å². The lowest BCUT2D eigenvalue weighted by Crippen LogP contribution is -2.37. The second-order valence-corrected chi connectivity index (χ2v) is 5.84. The number of nitrogens with one attached hydrogen (secondary N) is 1. The summed E-state index contributed by atoms with van der Waals surface area (Å²) in [6.07, 6.45) is 3.67. The van der Waals surface area contributed by atoms with Crippen LogP contribution >= 0.6 is 0 Å². The van der Waals surface area contributed by atoms with Crippen LogP contribution in [0.1, 0.15) is 44.1 Å². The normalized spacial score (nSPS) is 17.2. The van der Waals surface area contributed by atoms with Crippen molar-refractivity contribution in [2.75, 3.05) is 5.32 Å². The van der Waals surface area contributed by atoms with Crippen LogP contribution in [0.25, 0.3) is 0 Å². The van der Waals surface area contributed by atoms with Crippen LogP contribution in [0.2, 0.25) is 0 Å². The monoisotopic (exact) mass is 293 g/mol. The minimum Gasteiger partial charge on any atom is -0.481 e. The first-order valence-corrected chi connectivity index (χ1v) is 7.22. The summed E-state index contributed by atoms with van der Waals surface area (Å²) < 4.78 is 13.4. The number of rotatable bonds is 4. The molecule has 2 rings (SSSR count). The van der Waals surface area contributed by atoms with Crippen LogP contribution in [0, 0.1) is 18.2 Å². The van der Waals surface area contributed by atoms with E-state index < -0.39 is 17.2 Å². The third-order valence-corrected chi connectivity index (χ3v) is 4.22. The van der Waals surface area contributed by atoms with Crippen LogP contribution in [-0.2, 0) is 9.59 Å². The number of hydrogen-bond acceptors (Lipinski definition) is 2. The number of amides is 1. The summed E-state index contributed by atoms with van der Waals surface area (Å²) in [5.41, 5.74) is -0.104. The second kappa shape index (κ2) is 6.24. The van der Waals surface area contributed by atoms with E-state index in [4.69, 9.17) is 0 Å². The molecule has 0 saturated heterocycles. The Labute approximate surface area is 123 Å². The zero-order valence-electron chi connectivity index (χ0n) is 12.1. The molecule has 0 unspecified atom stereocenters. The topological polar surface area (TPSA) is 66.4 Å². The van der Waals surface area contributed by atoms with Crippen molar-refractivity contribution in [3.8, 4) is 0 Å². The molecule has 0 atom stereocenters. The zero-order chi connectivity index (χ0) is 15.5. The molecule has 114 valence electrons. The molecule has 0 aromatic heterocycles. The number of benzene rings is 1. The number of carbonyl (C=O) groups excluding carboxylic acids is 1. The van der Waals surface area contributed by atoms with Gasteiger partial charge in [0.05, 0.1) is 5.41 Å². The predicted molar refractivity (Wildman–Crippen MR) is 77.5 cm³/mol. The standard InChI is InChI=1S/C16H20FNO3/c1-11-5-6-12(9-13(11)17)18-14(19)10-16(15(20)21)7-3-2-4-8-16/h5-6,9H,2-4,7-8,10H2,1H3,(H,18,19)(H,20,21). The lowest BCUT2D eigenvalue weighted by atomic mass is 9.71. The van der Waals surface area contributed by atoms with E-state index in [2.05, 4.69) is 5.32 Å². The first-order chi connectivity index (χ1) is 9.93. The third-order valence-electron chi connectivity index (χ3n) is 4.22. The minimum absolute atomic E-state index is 0.0577. The summed E-state index contributed by atoms with van der Waals surface area (Å²) in [6.45, 7) is 1.64. The molecule has 1 saturated carbocycles. The Morgan fingerprint density at radius 1 is 1.29 bits per heavy atom. The lowest BCUT2D eigenvalue weighted by Gasteiger charge is -2.32. The molecule has 0 bridgehead atoms. The summed E-state index contributed by atoms with van der Waals surface area (Å²) in [7, 11) is 0. The average molecular weight is 293 g/mol. The molecule has 2 N–H and O–H groups in total. The zero-order valence-corrected chi connectivity index (χ0v) is 12.1.